The van der Waals surface area contributed by atoms with Gasteiger partial charge in [-0.2, -0.15) is 0 Å². The van der Waals surface area contributed by atoms with Gasteiger partial charge in [0.25, 0.3) is 5.91 Å². The third-order valence-corrected chi connectivity index (χ3v) is 4.67. The molecule has 0 aromatic rings. The molecule has 1 amide bonds. The Hall–Kier alpha value is -0.650. The molecule has 0 aliphatic carbocycles. The highest BCUT2D eigenvalue weighted by molar-refractivity contribution is 5.80. The van der Waals surface area contributed by atoms with Gasteiger partial charge in [-0.1, -0.05) is 0 Å². The van der Waals surface area contributed by atoms with Crippen LogP contribution < -0.4 is 5.73 Å². The summed E-state index contributed by atoms with van der Waals surface area (Å²) < 4.78 is 11.4. The van der Waals surface area contributed by atoms with Gasteiger partial charge < -0.3 is 20.1 Å². The van der Waals surface area contributed by atoms with Gasteiger partial charge in [0.05, 0.1) is 12.7 Å². The Bertz CT molecular complexity index is 329. The predicted octanol–water partition coefficient (Wildman–Crippen LogP) is 1.55. The molecule has 0 spiro atoms. The Morgan fingerprint density at radius 2 is 2.14 bits per heavy atom. The second kappa shape index (κ2) is 8.11. The summed E-state index contributed by atoms with van der Waals surface area (Å²) in [6.45, 7) is 6.81. The van der Waals surface area contributed by atoms with Crippen LogP contribution in [0.3, 0.4) is 0 Å². The lowest BCUT2D eigenvalue weighted by atomic mass is 9.92. The van der Waals surface area contributed by atoms with E-state index in [1.54, 1.807) is 0 Å². The maximum Gasteiger partial charge on any atom is 0.251 e. The molecule has 0 unspecified atom stereocenters. The van der Waals surface area contributed by atoms with E-state index in [0.29, 0.717) is 12.5 Å². The Labute approximate surface area is 128 Å². The van der Waals surface area contributed by atoms with Crippen LogP contribution in [0, 0.1) is 5.92 Å². The second-order valence-corrected chi connectivity index (χ2v) is 6.51. The average Bonchev–Trinajstić information content (AvgIpc) is 2.53. The molecule has 2 heterocycles. The van der Waals surface area contributed by atoms with Gasteiger partial charge >= 0.3 is 0 Å². The zero-order chi connectivity index (χ0) is 15.2. The first-order valence-corrected chi connectivity index (χ1v) is 8.35. The zero-order valence-electron chi connectivity index (χ0n) is 13.4. The number of rotatable bonds is 5. The summed E-state index contributed by atoms with van der Waals surface area (Å²) in [5.74, 6) is 0.507. The van der Waals surface area contributed by atoms with Crippen molar-refractivity contribution in [2.75, 3.05) is 26.3 Å². The fraction of sp³-hybridized carbons (Fsp3) is 0.938. The predicted molar refractivity (Wildman–Crippen MR) is 82.0 cm³/mol. The number of carbonyl (C=O) groups is 1. The van der Waals surface area contributed by atoms with Crippen molar-refractivity contribution in [3.63, 3.8) is 0 Å². The summed E-state index contributed by atoms with van der Waals surface area (Å²) in [5, 5.41) is 0. The molecule has 2 fully saturated rings. The van der Waals surface area contributed by atoms with Crippen molar-refractivity contribution >= 4 is 5.91 Å². The van der Waals surface area contributed by atoms with E-state index in [0.717, 1.165) is 45.4 Å². The summed E-state index contributed by atoms with van der Waals surface area (Å²) in [4.78, 5) is 14.4. The van der Waals surface area contributed by atoms with Gasteiger partial charge in [0.1, 0.15) is 6.10 Å². The molecule has 0 bridgehead atoms. The molecule has 2 saturated heterocycles. The summed E-state index contributed by atoms with van der Waals surface area (Å²) in [6.07, 6.45) is 5.30. The number of hydrogen-bond donors (Lipinski definition) is 1. The normalized spacial score (nSPS) is 30.0. The quantitative estimate of drug-likeness (QED) is 0.836. The Morgan fingerprint density at radius 1 is 1.33 bits per heavy atom. The first-order chi connectivity index (χ1) is 10.1. The smallest absolute Gasteiger partial charge is 0.251 e. The topological polar surface area (TPSA) is 64.8 Å². The van der Waals surface area contributed by atoms with Crippen LogP contribution in [-0.2, 0) is 14.3 Å². The van der Waals surface area contributed by atoms with Crippen molar-refractivity contribution in [2.45, 2.75) is 64.2 Å². The van der Waals surface area contributed by atoms with Gasteiger partial charge in [-0.05, 0) is 51.9 Å². The number of hydrogen-bond acceptors (Lipinski definition) is 4. The molecule has 5 nitrogen and oxygen atoms in total. The van der Waals surface area contributed by atoms with Gasteiger partial charge in [-0.3, -0.25) is 4.79 Å². The van der Waals surface area contributed by atoms with Crippen molar-refractivity contribution in [3.05, 3.63) is 0 Å². The van der Waals surface area contributed by atoms with Crippen LogP contribution in [0.25, 0.3) is 0 Å². The molecule has 122 valence electrons. The lowest BCUT2D eigenvalue weighted by molar-refractivity contribution is -0.148. The van der Waals surface area contributed by atoms with E-state index in [-0.39, 0.29) is 24.2 Å². The number of ether oxygens (including phenoxy) is 2. The monoisotopic (exact) mass is 298 g/mol. The Kier molecular flexibility index (Phi) is 6.45. The van der Waals surface area contributed by atoms with Crippen LogP contribution >= 0.6 is 0 Å². The molecule has 2 aliphatic heterocycles. The molecule has 21 heavy (non-hydrogen) atoms. The molecular formula is C16H30N2O3. The number of carbonyl (C=O) groups excluding carboxylic acids is 1. The van der Waals surface area contributed by atoms with Crippen LogP contribution in [0.4, 0.5) is 0 Å². The molecule has 0 aromatic heterocycles. The largest absolute Gasteiger partial charge is 0.376 e. The second-order valence-electron chi connectivity index (χ2n) is 6.51. The molecular weight excluding hydrogens is 268 g/mol. The zero-order valence-corrected chi connectivity index (χ0v) is 13.4. The van der Waals surface area contributed by atoms with Crippen LogP contribution in [-0.4, -0.2) is 55.4 Å². The molecule has 4 atom stereocenters. The molecule has 0 saturated carbocycles. The first kappa shape index (κ1) is 16.7. The van der Waals surface area contributed by atoms with E-state index >= 15 is 0 Å². The van der Waals surface area contributed by atoms with E-state index in [1.807, 2.05) is 18.7 Å². The molecule has 2 aliphatic rings. The van der Waals surface area contributed by atoms with Crippen molar-refractivity contribution in [1.29, 1.82) is 0 Å². The number of amides is 1. The van der Waals surface area contributed by atoms with E-state index in [2.05, 4.69) is 0 Å². The van der Waals surface area contributed by atoms with E-state index < -0.39 is 0 Å². The van der Waals surface area contributed by atoms with Crippen molar-refractivity contribution in [1.82, 2.24) is 4.90 Å². The molecule has 2 rings (SSSR count). The Balaban J connectivity index is 1.75. The third-order valence-electron chi connectivity index (χ3n) is 4.67. The maximum absolute atomic E-state index is 12.5. The van der Waals surface area contributed by atoms with Crippen molar-refractivity contribution in [2.24, 2.45) is 11.7 Å². The summed E-state index contributed by atoms with van der Waals surface area (Å²) >= 11 is 0. The van der Waals surface area contributed by atoms with Crippen LogP contribution in [0.5, 0.6) is 0 Å². The van der Waals surface area contributed by atoms with Crippen LogP contribution in [0.1, 0.15) is 46.0 Å². The lowest BCUT2D eigenvalue weighted by Gasteiger charge is -2.36. The highest BCUT2D eigenvalue weighted by Gasteiger charge is 2.29. The van der Waals surface area contributed by atoms with Gasteiger partial charge in [0, 0.05) is 25.7 Å². The summed E-state index contributed by atoms with van der Waals surface area (Å²) in [7, 11) is 0. The number of nitrogens with two attached hydrogens (primary N) is 1. The third kappa shape index (κ3) is 4.94. The SMILES string of the molecule is C[C@H](OC[C@@H]1CCCCO1)C(=O)N1CCC[C@H]([C@@H](C)N)C1. The first-order valence-electron chi connectivity index (χ1n) is 8.35. The fourth-order valence-electron chi connectivity index (χ4n) is 3.16. The highest BCUT2D eigenvalue weighted by Crippen LogP contribution is 2.20. The van der Waals surface area contributed by atoms with E-state index in [1.165, 1.54) is 6.42 Å². The van der Waals surface area contributed by atoms with Gasteiger partial charge in [0.15, 0.2) is 0 Å². The minimum absolute atomic E-state index is 0.0937. The minimum Gasteiger partial charge on any atom is -0.376 e. The average molecular weight is 298 g/mol. The van der Waals surface area contributed by atoms with Crippen LogP contribution in [0.15, 0.2) is 0 Å². The van der Waals surface area contributed by atoms with Crippen LogP contribution in [0.2, 0.25) is 0 Å². The number of nitrogens with zero attached hydrogens (tertiary/aromatic N) is 1. The molecule has 0 radical (unpaired) electrons. The molecule has 5 heteroatoms. The Morgan fingerprint density at radius 3 is 2.81 bits per heavy atom. The lowest BCUT2D eigenvalue weighted by Crippen LogP contribution is -2.48. The number of likely N-dealkylation sites (tertiary alicyclic amines) is 1. The standard InChI is InChI=1S/C16H30N2O3/c1-12(17)14-6-5-8-18(10-14)16(19)13(2)21-11-15-7-3-4-9-20-15/h12-15H,3-11,17H2,1-2H3/t12-,13+,14+,15+/m1/s1. The van der Waals surface area contributed by atoms with E-state index in [4.69, 9.17) is 15.2 Å². The van der Waals surface area contributed by atoms with Crippen molar-refractivity contribution < 1.29 is 14.3 Å². The van der Waals surface area contributed by atoms with Crippen molar-refractivity contribution in [3.8, 4) is 0 Å². The number of piperidine rings is 1. The summed E-state index contributed by atoms with van der Waals surface area (Å²) in [5.41, 5.74) is 5.98. The molecule has 2 N–H and O–H groups in total. The highest BCUT2D eigenvalue weighted by atomic mass is 16.5. The van der Waals surface area contributed by atoms with Gasteiger partial charge in [0.2, 0.25) is 0 Å². The molecule has 0 aromatic carbocycles. The summed E-state index contributed by atoms with van der Waals surface area (Å²) in [6, 6.07) is 0.146. The minimum atomic E-state index is -0.387. The maximum atomic E-state index is 12.5. The van der Waals surface area contributed by atoms with Gasteiger partial charge in [-0.15, -0.1) is 0 Å². The van der Waals surface area contributed by atoms with Gasteiger partial charge in [-0.25, -0.2) is 0 Å². The fourth-order valence-corrected chi connectivity index (χ4v) is 3.16. The van der Waals surface area contributed by atoms with E-state index in [9.17, 15) is 4.79 Å².